The van der Waals surface area contributed by atoms with Gasteiger partial charge in [0.25, 0.3) is 11.5 Å². The molecule has 0 radical (unpaired) electrons. The molecule has 9 N–H and O–H groups in total. The lowest BCUT2D eigenvalue weighted by atomic mass is 9.81. The van der Waals surface area contributed by atoms with Gasteiger partial charge in [0.05, 0.1) is 47.2 Å². The lowest BCUT2D eigenvalue weighted by Crippen LogP contribution is -2.60. The fourth-order valence-electron chi connectivity index (χ4n) is 10.3. The number of amides is 4. The molecule has 5 heterocycles. The van der Waals surface area contributed by atoms with Crippen molar-refractivity contribution < 1.29 is 77.6 Å². The Kier molecular flexibility index (Phi) is 16.0. The summed E-state index contributed by atoms with van der Waals surface area (Å²) in [5.41, 5.74) is 1.02. The second kappa shape index (κ2) is 22.7. The number of aliphatic hydroxyl groups is 5. The summed E-state index contributed by atoms with van der Waals surface area (Å²) in [6.45, 7) is 0.963. The zero-order valence-corrected chi connectivity index (χ0v) is 41.7. The molecule has 2 aliphatic carbocycles. The molecule has 3 aliphatic heterocycles. The van der Waals surface area contributed by atoms with Crippen molar-refractivity contribution in [2.45, 2.75) is 133 Å². The number of cyclic esters (lactones) is 1. The van der Waals surface area contributed by atoms with Crippen molar-refractivity contribution in [3.05, 3.63) is 91.0 Å². The minimum atomic E-state index is -2.07. The molecule has 404 valence electrons. The van der Waals surface area contributed by atoms with E-state index in [-0.39, 0.29) is 78.9 Å². The Labute approximate surface area is 434 Å². The van der Waals surface area contributed by atoms with E-state index in [0.717, 1.165) is 32.1 Å². The molecule has 4 aromatic rings. The van der Waals surface area contributed by atoms with Gasteiger partial charge in [0.2, 0.25) is 18.1 Å². The van der Waals surface area contributed by atoms with Crippen LogP contribution in [0.25, 0.3) is 22.3 Å². The number of carbonyl (C=O) groups is 5. The summed E-state index contributed by atoms with van der Waals surface area (Å²) in [5, 5.41) is 63.7. The Bertz CT molecular complexity index is 3100. The first-order chi connectivity index (χ1) is 36.5. The van der Waals surface area contributed by atoms with Crippen LogP contribution in [0.5, 0.6) is 5.75 Å². The fourth-order valence-corrected chi connectivity index (χ4v) is 10.3. The Morgan fingerprint density at radius 2 is 1.76 bits per heavy atom. The highest BCUT2D eigenvalue weighted by molar-refractivity contribution is 5.97. The molecule has 1 unspecified atom stereocenters. The van der Waals surface area contributed by atoms with E-state index in [2.05, 4.69) is 33.1 Å². The van der Waals surface area contributed by atoms with Crippen molar-refractivity contribution in [2.75, 3.05) is 32.8 Å². The van der Waals surface area contributed by atoms with Crippen molar-refractivity contribution in [2.24, 2.45) is 0 Å². The quantitative estimate of drug-likeness (QED) is 0.0377. The topological polar surface area (TPSA) is 316 Å². The molecular weight excluding hydrogens is 996 g/mol. The van der Waals surface area contributed by atoms with Crippen LogP contribution >= 0.6 is 0 Å². The van der Waals surface area contributed by atoms with E-state index in [1.807, 2.05) is 0 Å². The van der Waals surface area contributed by atoms with Gasteiger partial charge in [0, 0.05) is 42.1 Å². The molecule has 0 spiro atoms. The molecule has 8 atom stereocenters. The highest BCUT2D eigenvalue weighted by Gasteiger charge is 2.47. The number of pyridine rings is 2. The smallest absolute Gasteiger partial charge is 0.407 e. The van der Waals surface area contributed by atoms with Crippen LogP contribution in [0.2, 0.25) is 0 Å². The number of esters is 1. The van der Waals surface area contributed by atoms with Gasteiger partial charge in [0.1, 0.15) is 68.5 Å². The molecule has 2 aromatic heterocycles. The SMILES string of the molecule is CC[C@@]1(O)C(=O)OCc2c1cc1n(c2=O)Cc2c-1nc1cc(F)c(C)c3c1c2[C@@H](NC(=O)CNC(=O)OCc1ccc(O[C@@H]2O[C@H](CO)[C@@H](O)[C@H](O)[C@H]2O)c(C(=O)NCCNC(=O)COC2C#CCCCCC2)c1)CC3. The van der Waals surface area contributed by atoms with Crippen molar-refractivity contribution in [1.82, 2.24) is 30.8 Å². The number of benzene rings is 2. The maximum atomic E-state index is 15.4. The van der Waals surface area contributed by atoms with E-state index < -0.39 is 103 Å². The van der Waals surface area contributed by atoms with Crippen molar-refractivity contribution >= 4 is 40.7 Å². The summed E-state index contributed by atoms with van der Waals surface area (Å²) in [4.78, 5) is 84.6. The highest BCUT2D eigenvalue weighted by Crippen LogP contribution is 2.46. The van der Waals surface area contributed by atoms with Crippen molar-refractivity contribution in [3.63, 3.8) is 0 Å². The average Bonchev–Trinajstić information content (AvgIpc) is 3.80. The number of nitrogens with zero attached hydrogens (tertiary/aromatic N) is 2. The second-order valence-electron chi connectivity index (χ2n) is 19.4. The van der Waals surface area contributed by atoms with Crippen LogP contribution in [0.3, 0.4) is 0 Å². The van der Waals surface area contributed by atoms with E-state index in [1.165, 1.54) is 28.8 Å². The first-order valence-electron chi connectivity index (χ1n) is 25.3. The van der Waals surface area contributed by atoms with Gasteiger partial charge in [-0.1, -0.05) is 25.3 Å². The molecule has 0 saturated carbocycles. The standard InChI is InChI=1S/C53H59FN6O16/c1-3-53(71)33-18-37-44-31(21-60(37)49(68)32(33)24-73-51(53)69)43-35(13-12-29-26(2)34(54)19-36(59-44)42(29)43)58-40(62)20-57-52(70)74-23-27-11-14-38(75-50-47(66)46(65)45(64)39(22-61)76-50)30(17-27)48(67)56-16-15-55-41(63)25-72-28-9-7-5-4-6-8-10-28/h11,14,17-19,28,35,39,45-47,50,61,64-66,71H,3-7,9,12-13,15-16,20-25H2,1-2H3,(H,55,63)(H,56,67)(H,57,70)(H,58,62)/t28?,35-,39+,45+,46-,47+,50+,53-/m0/s1. The Hall–Kier alpha value is -7.04. The van der Waals surface area contributed by atoms with E-state index >= 15 is 4.39 Å². The number of alkyl carbamates (subject to hydrolysis) is 1. The molecular formula is C53H59FN6O16. The van der Waals surface area contributed by atoms with Crippen LogP contribution in [-0.4, -0.2) is 135 Å². The molecule has 1 fully saturated rings. The molecule has 9 rings (SSSR count). The van der Waals surface area contributed by atoms with Crippen molar-refractivity contribution in [3.8, 4) is 29.0 Å². The summed E-state index contributed by atoms with van der Waals surface area (Å²) < 4.78 is 44.5. The van der Waals surface area contributed by atoms with Gasteiger partial charge in [-0.25, -0.2) is 19.0 Å². The number of aryl methyl sites for hydroxylation is 1. The minimum absolute atomic E-state index is 0.00889. The Balaban J connectivity index is 0.861. The predicted molar refractivity (Wildman–Crippen MR) is 263 cm³/mol. The van der Waals surface area contributed by atoms with E-state index in [0.29, 0.717) is 51.9 Å². The maximum Gasteiger partial charge on any atom is 0.407 e. The first kappa shape index (κ1) is 53.8. The van der Waals surface area contributed by atoms with Crippen LogP contribution in [-0.2, 0) is 65.1 Å². The van der Waals surface area contributed by atoms with Gasteiger partial charge in [-0.15, -0.1) is 5.92 Å². The number of halogens is 1. The molecule has 4 amide bonds. The molecule has 5 aliphatic rings. The van der Waals surface area contributed by atoms with Gasteiger partial charge < -0.3 is 75.1 Å². The Morgan fingerprint density at radius 1 is 0.961 bits per heavy atom. The largest absolute Gasteiger partial charge is 0.461 e. The number of aliphatic hydroxyl groups excluding tert-OH is 4. The van der Waals surface area contributed by atoms with Crippen LogP contribution in [0.15, 0.2) is 35.1 Å². The number of hydrogen-bond acceptors (Lipinski definition) is 17. The van der Waals surface area contributed by atoms with Crippen LogP contribution in [0.4, 0.5) is 9.18 Å². The summed E-state index contributed by atoms with van der Waals surface area (Å²) in [7, 11) is 0. The van der Waals surface area contributed by atoms with Gasteiger partial charge in [-0.05, 0) is 85.9 Å². The predicted octanol–water partition coefficient (Wildman–Crippen LogP) is 0.934. The highest BCUT2D eigenvalue weighted by atomic mass is 19.1. The monoisotopic (exact) mass is 1050 g/mol. The van der Waals surface area contributed by atoms with Gasteiger partial charge in [-0.3, -0.25) is 19.2 Å². The van der Waals surface area contributed by atoms with Crippen molar-refractivity contribution in [1.29, 1.82) is 0 Å². The molecule has 2 aromatic carbocycles. The Morgan fingerprint density at radius 3 is 2.55 bits per heavy atom. The van der Waals surface area contributed by atoms with Crippen LogP contribution in [0.1, 0.15) is 107 Å². The normalized spacial score (nSPS) is 24.3. The number of carbonyl (C=O) groups excluding carboxylic acids is 5. The number of rotatable bonds is 16. The molecule has 22 nitrogen and oxygen atoms in total. The van der Waals surface area contributed by atoms with Crippen LogP contribution in [0, 0.1) is 24.6 Å². The van der Waals surface area contributed by atoms with E-state index in [4.69, 9.17) is 28.7 Å². The fraction of sp³-hybridized carbons (Fsp3) is 0.491. The lowest BCUT2D eigenvalue weighted by Gasteiger charge is -2.39. The third kappa shape index (κ3) is 10.7. The average molecular weight is 1060 g/mol. The molecule has 76 heavy (non-hydrogen) atoms. The lowest BCUT2D eigenvalue weighted by molar-refractivity contribution is -0.277. The number of ether oxygens (including phenoxy) is 5. The second-order valence-corrected chi connectivity index (χ2v) is 19.4. The zero-order valence-electron chi connectivity index (χ0n) is 41.7. The summed E-state index contributed by atoms with van der Waals surface area (Å²) in [6.07, 6.45) is -4.44. The molecule has 23 heteroatoms. The van der Waals surface area contributed by atoms with Crippen LogP contribution < -0.4 is 31.6 Å². The third-order valence-electron chi connectivity index (χ3n) is 14.5. The number of aromatic nitrogens is 2. The summed E-state index contributed by atoms with van der Waals surface area (Å²) in [5.74, 6) is 2.79. The zero-order chi connectivity index (χ0) is 54.0. The van der Waals surface area contributed by atoms with Gasteiger partial charge >= 0.3 is 12.1 Å². The molecule has 1 saturated heterocycles. The maximum absolute atomic E-state index is 15.4. The minimum Gasteiger partial charge on any atom is -0.461 e. The van der Waals surface area contributed by atoms with Gasteiger partial charge in [-0.2, -0.15) is 0 Å². The van der Waals surface area contributed by atoms with Gasteiger partial charge in [0.15, 0.2) is 5.60 Å². The first-order valence-corrected chi connectivity index (χ1v) is 25.3. The number of nitrogens with one attached hydrogen (secondary N) is 4. The molecule has 0 bridgehead atoms. The van der Waals surface area contributed by atoms with E-state index in [1.54, 1.807) is 19.9 Å². The summed E-state index contributed by atoms with van der Waals surface area (Å²) >= 11 is 0. The number of fused-ring (bicyclic) bond motifs is 5. The number of hydrogen-bond donors (Lipinski definition) is 9. The summed E-state index contributed by atoms with van der Waals surface area (Å²) in [6, 6.07) is 6.22. The third-order valence-corrected chi connectivity index (χ3v) is 14.5. The van der Waals surface area contributed by atoms with E-state index in [9.17, 15) is 54.3 Å².